The highest BCUT2D eigenvalue weighted by Gasteiger charge is 2.28. The summed E-state index contributed by atoms with van der Waals surface area (Å²) in [5.41, 5.74) is 4.23. The van der Waals surface area contributed by atoms with Gasteiger partial charge < -0.3 is 15.3 Å². The Bertz CT molecular complexity index is 1160. The van der Waals surface area contributed by atoms with Crippen LogP contribution in [0.3, 0.4) is 0 Å². The van der Waals surface area contributed by atoms with Crippen LogP contribution in [-0.4, -0.2) is 43.3 Å². The van der Waals surface area contributed by atoms with Crippen molar-refractivity contribution in [2.45, 2.75) is 56.7 Å². The van der Waals surface area contributed by atoms with Crippen LogP contribution in [0.4, 0.5) is 4.39 Å². The monoisotopic (exact) mass is 464 g/mol. The highest BCUT2D eigenvalue weighted by atomic mass is 19.1. The molecule has 0 saturated carbocycles. The zero-order chi connectivity index (χ0) is 24.1. The molecule has 0 saturated heterocycles. The van der Waals surface area contributed by atoms with Crippen molar-refractivity contribution in [2.24, 2.45) is 0 Å². The Balaban J connectivity index is 1.68. The molecule has 1 aliphatic carbocycles. The lowest BCUT2D eigenvalue weighted by molar-refractivity contribution is -0.139. The molecule has 0 aliphatic heterocycles. The number of fused-ring (bicyclic) bond motifs is 1. The molecule has 34 heavy (non-hydrogen) atoms. The number of aliphatic carboxylic acids is 1. The number of para-hydroxylation sites is 1. The van der Waals surface area contributed by atoms with Gasteiger partial charge >= 0.3 is 5.97 Å². The van der Waals surface area contributed by atoms with Gasteiger partial charge in [-0.25, -0.2) is 9.07 Å². The molecule has 0 radical (unpaired) electrons. The smallest absolute Gasteiger partial charge is 0.305 e. The van der Waals surface area contributed by atoms with Gasteiger partial charge in [-0.05, 0) is 49.5 Å². The Hall–Kier alpha value is -3.29. The fourth-order valence-corrected chi connectivity index (χ4v) is 4.65. The molecule has 0 spiro atoms. The van der Waals surface area contributed by atoms with Crippen LogP contribution >= 0.6 is 0 Å². The topological polar surface area (TPSA) is 95.6 Å². The standard InChI is InChI=1S/C27H29FN2O4/c28-23-11-4-5-12-25(23)30-24(14-13-20(31)16-21(32)17-26(33)34)22-10-6-9-19(27(22)29-30)15-18-7-2-1-3-8-18/h1-5,7-8,11-14,19-21,31-32H,6,9-10,15-17H2,(H,33,34)/b14-13+. The summed E-state index contributed by atoms with van der Waals surface area (Å²) in [6, 6.07) is 16.7. The number of aliphatic hydroxyl groups excluding tert-OH is 2. The van der Waals surface area contributed by atoms with E-state index in [1.165, 1.54) is 17.7 Å². The number of aliphatic hydroxyl groups is 2. The Morgan fingerprint density at radius 2 is 1.88 bits per heavy atom. The molecule has 3 N–H and O–H groups in total. The molecular weight excluding hydrogens is 435 g/mol. The summed E-state index contributed by atoms with van der Waals surface area (Å²) in [5.74, 6) is -1.32. The van der Waals surface area contributed by atoms with E-state index in [9.17, 15) is 19.4 Å². The third-order valence-electron chi connectivity index (χ3n) is 6.23. The lowest BCUT2D eigenvalue weighted by Gasteiger charge is -2.21. The number of aromatic nitrogens is 2. The number of hydrogen-bond donors (Lipinski definition) is 3. The zero-order valence-electron chi connectivity index (χ0n) is 18.8. The molecule has 0 amide bonds. The third kappa shape index (κ3) is 5.61. The van der Waals surface area contributed by atoms with Crippen LogP contribution in [0.5, 0.6) is 0 Å². The molecule has 7 heteroatoms. The van der Waals surface area contributed by atoms with E-state index in [0.29, 0.717) is 11.4 Å². The van der Waals surface area contributed by atoms with E-state index in [-0.39, 0.29) is 12.3 Å². The van der Waals surface area contributed by atoms with Crippen LogP contribution in [0.2, 0.25) is 0 Å². The molecule has 3 atom stereocenters. The van der Waals surface area contributed by atoms with Crippen molar-refractivity contribution in [1.29, 1.82) is 0 Å². The highest BCUT2D eigenvalue weighted by molar-refractivity contribution is 5.67. The summed E-state index contributed by atoms with van der Waals surface area (Å²) in [4.78, 5) is 10.8. The second kappa shape index (κ2) is 10.8. The maximum Gasteiger partial charge on any atom is 0.305 e. The molecule has 0 fully saturated rings. The summed E-state index contributed by atoms with van der Waals surface area (Å²) in [6.07, 6.45) is 4.10. The maximum absolute atomic E-state index is 14.7. The summed E-state index contributed by atoms with van der Waals surface area (Å²) in [6.45, 7) is 0. The van der Waals surface area contributed by atoms with E-state index < -0.39 is 30.4 Å². The van der Waals surface area contributed by atoms with Gasteiger partial charge in [-0.1, -0.05) is 48.5 Å². The molecule has 178 valence electrons. The first-order valence-corrected chi connectivity index (χ1v) is 11.6. The van der Waals surface area contributed by atoms with E-state index in [1.54, 1.807) is 29.0 Å². The summed E-state index contributed by atoms with van der Waals surface area (Å²) < 4.78 is 16.3. The molecule has 3 aromatic rings. The first-order chi connectivity index (χ1) is 16.4. The molecule has 6 nitrogen and oxygen atoms in total. The predicted molar refractivity (Wildman–Crippen MR) is 127 cm³/mol. The van der Waals surface area contributed by atoms with E-state index in [0.717, 1.165) is 36.9 Å². The number of carbonyl (C=O) groups is 1. The Morgan fingerprint density at radius 1 is 1.15 bits per heavy atom. The first-order valence-electron chi connectivity index (χ1n) is 11.6. The molecular formula is C27H29FN2O4. The third-order valence-corrected chi connectivity index (χ3v) is 6.23. The molecule has 3 unspecified atom stereocenters. The van der Waals surface area contributed by atoms with Crippen molar-refractivity contribution < 1.29 is 24.5 Å². The second-order valence-electron chi connectivity index (χ2n) is 8.80. The summed E-state index contributed by atoms with van der Waals surface area (Å²) >= 11 is 0. The van der Waals surface area contributed by atoms with Crippen LogP contribution in [0.15, 0.2) is 60.7 Å². The van der Waals surface area contributed by atoms with Gasteiger partial charge in [0, 0.05) is 17.9 Å². The molecule has 2 aromatic carbocycles. The summed E-state index contributed by atoms with van der Waals surface area (Å²) in [7, 11) is 0. The average Bonchev–Trinajstić information content (AvgIpc) is 3.17. The van der Waals surface area contributed by atoms with Crippen LogP contribution in [-0.2, 0) is 17.6 Å². The van der Waals surface area contributed by atoms with E-state index in [2.05, 4.69) is 12.1 Å². The second-order valence-corrected chi connectivity index (χ2v) is 8.80. The van der Waals surface area contributed by atoms with Crippen molar-refractivity contribution in [1.82, 2.24) is 9.78 Å². The predicted octanol–water partition coefficient (Wildman–Crippen LogP) is 4.27. The Morgan fingerprint density at radius 3 is 2.62 bits per heavy atom. The molecule has 1 aliphatic rings. The molecule has 4 rings (SSSR count). The average molecular weight is 465 g/mol. The van der Waals surface area contributed by atoms with Gasteiger partial charge in [-0.2, -0.15) is 5.10 Å². The molecule has 1 aromatic heterocycles. The molecule has 0 bridgehead atoms. The van der Waals surface area contributed by atoms with Gasteiger partial charge in [-0.3, -0.25) is 4.79 Å². The Kier molecular flexibility index (Phi) is 7.55. The van der Waals surface area contributed by atoms with Crippen molar-refractivity contribution in [3.8, 4) is 5.69 Å². The fraction of sp³-hybridized carbons (Fsp3) is 0.333. The zero-order valence-corrected chi connectivity index (χ0v) is 18.8. The minimum atomic E-state index is -1.15. The number of halogens is 1. The van der Waals surface area contributed by atoms with Crippen LogP contribution in [0.25, 0.3) is 11.8 Å². The van der Waals surface area contributed by atoms with Gasteiger partial charge in [-0.15, -0.1) is 0 Å². The van der Waals surface area contributed by atoms with Crippen molar-refractivity contribution in [3.05, 3.63) is 89.0 Å². The van der Waals surface area contributed by atoms with E-state index in [4.69, 9.17) is 10.2 Å². The number of hydrogen-bond acceptors (Lipinski definition) is 4. The normalized spacial score (nSPS) is 17.4. The SMILES string of the molecule is O=C(O)CC(O)CC(O)/C=C/c1c2c(nn1-c1ccccc1F)C(Cc1ccccc1)CCC2. The van der Waals surface area contributed by atoms with Crippen LogP contribution in [0, 0.1) is 5.82 Å². The van der Waals surface area contributed by atoms with E-state index in [1.807, 2.05) is 18.2 Å². The van der Waals surface area contributed by atoms with Gasteiger partial charge in [0.1, 0.15) is 11.5 Å². The minimum absolute atomic E-state index is 0.102. The lowest BCUT2D eigenvalue weighted by atomic mass is 9.83. The Labute approximate surface area is 198 Å². The number of rotatable bonds is 9. The van der Waals surface area contributed by atoms with Crippen molar-refractivity contribution >= 4 is 12.0 Å². The number of carboxylic acid groups (broad SMARTS) is 1. The number of nitrogens with zero attached hydrogens (tertiary/aromatic N) is 2. The summed E-state index contributed by atoms with van der Waals surface area (Å²) in [5, 5.41) is 33.9. The van der Waals surface area contributed by atoms with E-state index >= 15 is 0 Å². The quantitative estimate of drug-likeness (QED) is 0.440. The van der Waals surface area contributed by atoms with Gasteiger partial charge in [0.05, 0.1) is 30.0 Å². The van der Waals surface area contributed by atoms with Gasteiger partial charge in [0.2, 0.25) is 0 Å². The molecule has 1 heterocycles. The highest BCUT2D eigenvalue weighted by Crippen LogP contribution is 2.37. The number of carboxylic acids is 1. The maximum atomic E-state index is 14.7. The largest absolute Gasteiger partial charge is 0.481 e. The minimum Gasteiger partial charge on any atom is -0.481 e. The van der Waals surface area contributed by atoms with Gasteiger partial charge in [0.15, 0.2) is 0 Å². The van der Waals surface area contributed by atoms with Crippen molar-refractivity contribution in [2.75, 3.05) is 0 Å². The van der Waals surface area contributed by atoms with Crippen molar-refractivity contribution in [3.63, 3.8) is 0 Å². The van der Waals surface area contributed by atoms with Gasteiger partial charge in [0.25, 0.3) is 0 Å². The number of benzene rings is 2. The van der Waals surface area contributed by atoms with Crippen LogP contribution < -0.4 is 0 Å². The fourth-order valence-electron chi connectivity index (χ4n) is 4.65. The van der Waals surface area contributed by atoms with Crippen LogP contribution in [0.1, 0.15) is 54.1 Å². The first kappa shape index (κ1) is 23.9. The lowest BCUT2D eigenvalue weighted by Crippen LogP contribution is -2.19.